The summed E-state index contributed by atoms with van der Waals surface area (Å²) in [5.41, 5.74) is -0.208. The molecule has 88 valence electrons. The summed E-state index contributed by atoms with van der Waals surface area (Å²) in [5, 5.41) is 23.6. The number of phenolic OH excluding ortho intramolecular Hbond substituents is 1. The molecule has 0 fully saturated rings. The molecule has 1 heterocycles. The highest BCUT2D eigenvalue weighted by molar-refractivity contribution is 5.42. The molecule has 0 aliphatic rings. The van der Waals surface area contributed by atoms with Gasteiger partial charge in [0.05, 0.1) is 4.92 Å². The lowest BCUT2D eigenvalue weighted by molar-refractivity contribution is -0.385. The fourth-order valence-electron chi connectivity index (χ4n) is 1.28. The number of rotatable bonds is 3. The third-order valence-corrected chi connectivity index (χ3v) is 2.02. The first-order valence-electron chi connectivity index (χ1n) is 4.71. The van der Waals surface area contributed by atoms with Gasteiger partial charge in [0.15, 0.2) is 0 Å². The van der Waals surface area contributed by atoms with E-state index < -0.39 is 4.92 Å². The molecule has 2 aromatic rings. The molecule has 7 heteroatoms. The zero-order valence-corrected chi connectivity index (χ0v) is 8.90. The van der Waals surface area contributed by atoms with Crippen molar-refractivity contribution in [2.75, 3.05) is 0 Å². The van der Waals surface area contributed by atoms with E-state index in [1.54, 1.807) is 7.05 Å². The maximum Gasteiger partial charge on any atom is 0.350 e. The lowest BCUT2D eigenvalue weighted by Crippen LogP contribution is -1.91. The van der Waals surface area contributed by atoms with E-state index in [1.165, 1.54) is 35.1 Å². The predicted molar refractivity (Wildman–Crippen MR) is 58.0 cm³/mol. The largest absolute Gasteiger partial charge is 0.508 e. The first-order valence-corrected chi connectivity index (χ1v) is 4.71. The van der Waals surface area contributed by atoms with E-state index in [1.807, 2.05) is 0 Å². The molecule has 0 spiro atoms. The third kappa shape index (κ3) is 2.33. The average molecular weight is 235 g/mol. The maximum atomic E-state index is 10.7. The lowest BCUT2D eigenvalue weighted by Gasteiger charge is -2.01. The summed E-state index contributed by atoms with van der Waals surface area (Å²) in [6, 6.07) is 5.83. The lowest BCUT2D eigenvalue weighted by atomic mass is 10.3. The second-order valence-corrected chi connectivity index (χ2v) is 3.35. The van der Waals surface area contributed by atoms with Crippen LogP contribution in [-0.4, -0.2) is 19.8 Å². The zero-order valence-electron chi connectivity index (χ0n) is 8.90. The van der Waals surface area contributed by atoms with E-state index >= 15 is 0 Å². The number of aromatic hydroxyl groups is 1. The van der Waals surface area contributed by atoms with Gasteiger partial charge in [0.1, 0.15) is 17.7 Å². The molecule has 0 aliphatic heterocycles. The molecule has 1 N–H and O–H groups in total. The van der Waals surface area contributed by atoms with Crippen LogP contribution in [0.1, 0.15) is 0 Å². The van der Waals surface area contributed by atoms with Crippen LogP contribution < -0.4 is 4.74 Å². The fourth-order valence-corrected chi connectivity index (χ4v) is 1.28. The highest BCUT2D eigenvalue weighted by Gasteiger charge is 2.20. The van der Waals surface area contributed by atoms with Gasteiger partial charge in [-0.15, -0.1) is 5.10 Å². The van der Waals surface area contributed by atoms with Gasteiger partial charge in [-0.2, -0.15) is 0 Å². The van der Waals surface area contributed by atoms with Crippen LogP contribution in [0.3, 0.4) is 0 Å². The van der Waals surface area contributed by atoms with Crippen molar-refractivity contribution >= 4 is 5.69 Å². The molecule has 0 unspecified atom stereocenters. The van der Waals surface area contributed by atoms with Crippen molar-refractivity contribution in [2.45, 2.75) is 0 Å². The zero-order chi connectivity index (χ0) is 12.4. The first kappa shape index (κ1) is 10.9. The van der Waals surface area contributed by atoms with Crippen molar-refractivity contribution < 1.29 is 14.8 Å². The van der Waals surface area contributed by atoms with E-state index in [2.05, 4.69) is 5.10 Å². The van der Waals surface area contributed by atoms with Crippen LogP contribution in [0.5, 0.6) is 17.4 Å². The van der Waals surface area contributed by atoms with Crippen LogP contribution in [0.15, 0.2) is 30.5 Å². The summed E-state index contributed by atoms with van der Waals surface area (Å²) in [7, 11) is 1.57. The molecular weight excluding hydrogens is 226 g/mol. The summed E-state index contributed by atoms with van der Waals surface area (Å²) in [5.74, 6) is 0.376. The third-order valence-electron chi connectivity index (χ3n) is 2.02. The van der Waals surface area contributed by atoms with Crippen LogP contribution in [-0.2, 0) is 7.05 Å². The van der Waals surface area contributed by atoms with E-state index in [0.717, 1.165) is 0 Å². The minimum atomic E-state index is -0.567. The first-order chi connectivity index (χ1) is 8.06. The minimum absolute atomic E-state index is 0.0804. The van der Waals surface area contributed by atoms with Crippen molar-refractivity contribution in [1.29, 1.82) is 0 Å². The van der Waals surface area contributed by atoms with Gasteiger partial charge in [-0.3, -0.25) is 14.8 Å². The van der Waals surface area contributed by atoms with Gasteiger partial charge >= 0.3 is 11.6 Å². The van der Waals surface area contributed by atoms with Crippen LogP contribution >= 0.6 is 0 Å². The van der Waals surface area contributed by atoms with Gasteiger partial charge in [-0.25, -0.2) is 0 Å². The molecule has 7 nitrogen and oxygen atoms in total. The number of phenols is 1. The van der Waals surface area contributed by atoms with Crippen LogP contribution in [0.2, 0.25) is 0 Å². The summed E-state index contributed by atoms with van der Waals surface area (Å²) in [6.45, 7) is 0. The number of hydrogen-bond acceptors (Lipinski definition) is 5. The van der Waals surface area contributed by atoms with Crippen LogP contribution in [0.4, 0.5) is 5.69 Å². The molecule has 2 rings (SSSR count). The van der Waals surface area contributed by atoms with E-state index in [0.29, 0.717) is 5.75 Å². The summed E-state index contributed by atoms with van der Waals surface area (Å²) in [6.07, 6.45) is 1.26. The van der Waals surface area contributed by atoms with Crippen molar-refractivity contribution in [3.8, 4) is 17.4 Å². The van der Waals surface area contributed by atoms with Crippen molar-refractivity contribution in [3.05, 3.63) is 40.6 Å². The smallest absolute Gasteiger partial charge is 0.350 e. The Morgan fingerprint density at radius 3 is 2.65 bits per heavy atom. The standard InChI is InChI=1S/C10H9N3O4/c1-12-6-9(13(15)16)10(11-12)17-8-4-2-7(14)3-5-8/h2-6,14H,1H3. The molecule has 0 atom stereocenters. The molecular formula is C10H9N3O4. The Morgan fingerprint density at radius 2 is 2.06 bits per heavy atom. The SMILES string of the molecule is Cn1cc([N+](=O)[O-])c(Oc2ccc(O)cc2)n1. The summed E-state index contributed by atoms with van der Waals surface area (Å²) >= 11 is 0. The van der Waals surface area contributed by atoms with Gasteiger partial charge in [0.2, 0.25) is 0 Å². The molecule has 1 aromatic carbocycles. The number of hydrogen-bond donors (Lipinski definition) is 1. The Hall–Kier alpha value is -2.57. The predicted octanol–water partition coefficient (Wildman–Crippen LogP) is 1.83. The molecule has 0 saturated carbocycles. The molecule has 0 aliphatic carbocycles. The maximum absolute atomic E-state index is 10.7. The Morgan fingerprint density at radius 1 is 1.41 bits per heavy atom. The molecule has 0 amide bonds. The fraction of sp³-hybridized carbons (Fsp3) is 0.100. The number of aromatic nitrogens is 2. The summed E-state index contributed by atoms with van der Waals surface area (Å²) < 4.78 is 6.56. The number of ether oxygens (including phenoxy) is 1. The van der Waals surface area contributed by atoms with Gasteiger partial charge in [-0.05, 0) is 24.3 Å². The van der Waals surface area contributed by atoms with Crippen molar-refractivity contribution in [1.82, 2.24) is 9.78 Å². The number of benzene rings is 1. The van der Waals surface area contributed by atoms with Gasteiger partial charge in [-0.1, -0.05) is 0 Å². The summed E-state index contributed by atoms with van der Waals surface area (Å²) in [4.78, 5) is 10.1. The van der Waals surface area contributed by atoms with Gasteiger partial charge < -0.3 is 9.84 Å². The van der Waals surface area contributed by atoms with Crippen molar-refractivity contribution in [2.24, 2.45) is 7.05 Å². The normalized spacial score (nSPS) is 10.2. The Kier molecular flexibility index (Phi) is 2.65. The highest BCUT2D eigenvalue weighted by atomic mass is 16.6. The van der Waals surface area contributed by atoms with E-state index in [-0.39, 0.29) is 17.3 Å². The molecule has 1 aromatic heterocycles. The quantitative estimate of drug-likeness (QED) is 0.647. The molecule has 0 saturated heterocycles. The Labute approximate surface area is 96.0 Å². The van der Waals surface area contributed by atoms with Crippen molar-refractivity contribution in [3.63, 3.8) is 0 Å². The molecule has 0 bridgehead atoms. The number of nitrogens with zero attached hydrogens (tertiary/aromatic N) is 3. The Balaban J connectivity index is 2.29. The molecule has 0 radical (unpaired) electrons. The van der Waals surface area contributed by atoms with E-state index in [4.69, 9.17) is 9.84 Å². The average Bonchev–Trinajstić information content (AvgIpc) is 2.63. The van der Waals surface area contributed by atoms with Gasteiger partial charge in [0.25, 0.3) is 0 Å². The molecule has 17 heavy (non-hydrogen) atoms. The van der Waals surface area contributed by atoms with Gasteiger partial charge in [0, 0.05) is 7.05 Å². The second-order valence-electron chi connectivity index (χ2n) is 3.35. The second kappa shape index (κ2) is 4.12. The number of nitro groups is 1. The van der Waals surface area contributed by atoms with E-state index in [9.17, 15) is 10.1 Å². The number of aryl methyl sites for hydroxylation is 1. The minimum Gasteiger partial charge on any atom is -0.508 e. The van der Waals surface area contributed by atoms with Crippen LogP contribution in [0.25, 0.3) is 0 Å². The highest BCUT2D eigenvalue weighted by Crippen LogP contribution is 2.29. The Bertz CT molecular complexity index is 547. The topological polar surface area (TPSA) is 90.4 Å². The van der Waals surface area contributed by atoms with Crippen LogP contribution in [0, 0.1) is 10.1 Å². The monoisotopic (exact) mass is 235 g/mol.